The van der Waals surface area contributed by atoms with Gasteiger partial charge in [-0.15, -0.1) is 5.10 Å². The van der Waals surface area contributed by atoms with Crippen LogP contribution in [0.15, 0.2) is 107 Å². The van der Waals surface area contributed by atoms with Crippen LogP contribution in [0.1, 0.15) is 5.56 Å². The van der Waals surface area contributed by atoms with Crippen molar-refractivity contribution in [3.05, 3.63) is 118 Å². The Morgan fingerprint density at radius 1 is 0.861 bits per heavy atom. The molecule has 0 atom stereocenters. The zero-order valence-electron chi connectivity index (χ0n) is 18.8. The van der Waals surface area contributed by atoms with Gasteiger partial charge in [0.25, 0.3) is 5.56 Å². The third kappa shape index (κ3) is 3.43. The monoisotopic (exact) mass is 487 g/mol. The van der Waals surface area contributed by atoms with Gasteiger partial charge in [0, 0.05) is 17.3 Å². The smallest absolute Gasteiger partial charge is 0.291 e. The largest absolute Gasteiger partial charge is 0.461 e. The molecule has 4 aromatic heterocycles. The maximum Gasteiger partial charge on any atom is 0.291 e. The third-order valence-electron chi connectivity index (χ3n) is 6.00. The third-order valence-corrected chi connectivity index (χ3v) is 6.96. The average molecular weight is 488 g/mol. The summed E-state index contributed by atoms with van der Waals surface area (Å²) in [6.07, 6.45) is 5.37. The summed E-state index contributed by atoms with van der Waals surface area (Å²) in [7, 11) is 0. The summed E-state index contributed by atoms with van der Waals surface area (Å²) in [5, 5.41) is 11.6. The molecule has 0 saturated carbocycles. The van der Waals surface area contributed by atoms with Gasteiger partial charge in [0.15, 0.2) is 5.76 Å². The Balaban J connectivity index is 1.40. The van der Waals surface area contributed by atoms with Crippen LogP contribution in [0.4, 0.5) is 0 Å². The van der Waals surface area contributed by atoms with Crippen LogP contribution < -0.4 is 10.1 Å². The number of hydrogen-bond acceptors (Lipinski definition) is 6. The van der Waals surface area contributed by atoms with Crippen molar-refractivity contribution in [2.24, 2.45) is 0 Å². The van der Waals surface area contributed by atoms with Crippen LogP contribution in [0.5, 0.6) is 0 Å². The number of aromatic nitrogens is 5. The molecule has 8 heteroatoms. The first-order valence-corrected chi connectivity index (χ1v) is 12.1. The van der Waals surface area contributed by atoms with Gasteiger partial charge in [-0.05, 0) is 47.2 Å². The van der Waals surface area contributed by atoms with E-state index in [1.54, 1.807) is 18.4 Å². The summed E-state index contributed by atoms with van der Waals surface area (Å²) in [6.45, 7) is 0. The summed E-state index contributed by atoms with van der Waals surface area (Å²) < 4.78 is 9.07. The van der Waals surface area contributed by atoms with Crippen molar-refractivity contribution in [2.75, 3.05) is 0 Å². The Labute approximate surface area is 208 Å². The SMILES string of the molecule is O=c1/c(=C/c2cn(-c3ccccc3)nc2-c2ccc3ccccc3c2)sc2nc(-c3ccco3)nn12. The number of furan rings is 1. The standard InChI is InChI=1S/C28H17N5O2S/c34-27-24(36-28-29-26(31-33(27)28)23-11-6-14-35-23)16-21-17-32(22-9-2-1-3-10-22)30-25(21)20-13-12-18-7-4-5-8-19(18)15-20/h1-17H/b24-16-. The molecule has 4 heterocycles. The highest BCUT2D eigenvalue weighted by Crippen LogP contribution is 2.28. The summed E-state index contributed by atoms with van der Waals surface area (Å²) in [6, 6.07) is 28.0. The number of rotatable bonds is 4. The van der Waals surface area contributed by atoms with E-state index in [1.165, 1.54) is 15.9 Å². The van der Waals surface area contributed by atoms with Gasteiger partial charge < -0.3 is 4.42 Å². The number of fused-ring (bicyclic) bond motifs is 2. The van der Waals surface area contributed by atoms with E-state index in [9.17, 15) is 4.79 Å². The van der Waals surface area contributed by atoms with Gasteiger partial charge in [-0.1, -0.05) is 65.9 Å². The lowest BCUT2D eigenvalue weighted by molar-refractivity contribution is 0.577. The Hall–Kier alpha value is -4.82. The number of hydrogen-bond donors (Lipinski definition) is 0. The fourth-order valence-electron chi connectivity index (χ4n) is 4.25. The van der Waals surface area contributed by atoms with Gasteiger partial charge >= 0.3 is 0 Å². The molecular formula is C28H17N5O2S. The van der Waals surface area contributed by atoms with Crippen molar-refractivity contribution in [1.82, 2.24) is 24.4 Å². The molecule has 0 bridgehead atoms. The van der Waals surface area contributed by atoms with E-state index in [0.29, 0.717) is 21.1 Å². The summed E-state index contributed by atoms with van der Waals surface area (Å²) >= 11 is 1.29. The number of benzene rings is 3. The van der Waals surface area contributed by atoms with Crippen LogP contribution in [0.2, 0.25) is 0 Å². The molecule has 172 valence electrons. The van der Waals surface area contributed by atoms with Gasteiger partial charge in [0.2, 0.25) is 10.8 Å². The van der Waals surface area contributed by atoms with Gasteiger partial charge in [-0.25, -0.2) is 4.68 Å². The molecule has 0 saturated heterocycles. The van der Waals surface area contributed by atoms with E-state index in [4.69, 9.17) is 9.52 Å². The second-order valence-corrected chi connectivity index (χ2v) is 9.31. The average Bonchev–Trinajstić information content (AvgIpc) is 3.71. The van der Waals surface area contributed by atoms with E-state index >= 15 is 0 Å². The summed E-state index contributed by atoms with van der Waals surface area (Å²) in [5.74, 6) is 0.919. The van der Waals surface area contributed by atoms with E-state index in [0.717, 1.165) is 33.3 Å². The van der Waals surface area contributed by atoms with Crippen LogP contribution in [0, 0.1) is 0 Å². The Bertz CT molecular complexity index is 1970. The second kappa shape index (κ2) is 8.14. The highest BCUT2D eigenvalue weighted by molar-refractivity contribution is 7.15. The van der Waals surface area contributed by atoms with Crippen molar-refractivity contribution in [3.63, 3.8) is 0 Å². The molecule has 7 rings (SSSR count). The predicted molar refractivity (Wildman–Crippen MR) is 140 cm³/mol. The van der Waals surface area contributed by atoms with Crippen molar-refractivity contribution < 1.29 is 4.42 Å². The molecule has 0 radical (unpaired) electrons. The maximum atomic E-state index is 13.2. The predicted octanol–water partition coefficient (Wildman–Crippen LogP) is 4.96. The minimum absolute atomic E-state index is 0.225. The molecule has 0 fully saturated rings. The van der Waals surface area contributed by atoms with Crippen LogP contribution in [-0.2, 0) is 0 Å². The summed E-state index contributed by atoms with van der Waals surface area (Å²) in [5.41, 5.74) is 3.31. The second-order valence-electron chi connectivity index (χ2n) is 8.30. The number of thiazole rings is 1. The molecule has 0 aliphatic carbocycles. The van der Waals surface area contributed by atoms with Gasteiger partial charge in [-0.3, -0.25) is 4.79 Å². The molecule has 0 aliphatic heterocycles. The molecule has 3 aromatic carbocycles. The van der Waals surface area contributed by atoms with E-state index < -0.39 is 0 Å². The first kappa shape index (κ1) is 20.5. The summed E-state index contributed by atoms with van der Waals surface area (Å²) in [4.78, 5) is 18.2. The molecule has 7 aromatic rings. The molecule has 36 heavy (non-hydrogen) atoms. The van der Waals surface area contributed by atoms with Crippen LogP contribution in [0.25, 0.3) is 50.3 Å². The lowest BCUT2D eigenvalue weighted by Gasteiger charge is -2.03. The molecular weight excluding hydrogens is 470 g/mol. The normalized spacial score (nSPS) is 12.2. The molecule has 0 amide bonds. The zero-order valence-corrected chi connectivity index (χ0v) is 19.6. The van der Waals surface area contributed by atoms with Gasteiger partial charge in [-0.2, -0.15) is 14.6 Å². The van der Waals surface area contributed by atoms with E-state index in [1.807, 2.05) is 59.4 Å². The van der Waals surface area contributed by atoms with Crippen LogP contribution in [-0.4, -0.2) is 24.4 Å². The van der Waals surface area contributed by atoms with E-state index in [2.05, 4.69) is 40.4 Å². The first-order chi connectivity index (χ1) is 17.7. The van der Waals surface area contributed by atoms with Crippen molar-refractivity contribution >= 4 is 33.1 Å². The van der Waals surface area contributed by atoms with Crippen molar-refractivity contribution in [1.29, 1.82) is 0 Å². The highest BCUT2D eigenvalue weighted by atomic mass is 32.1. The highest BCUT2D eigenvalue weighted by Gasteiger charge is 2.16. The number of nitrogens with zero attached hydrogens (tertiary/aromatic N) is 5. The topological polar surface area (TPSA) is 78.2 Å². The Morgan fingerprint density at radius 3 is 2.50 bits per heavy atom. The van der Waals surface area contributed by atoms with E-state index in [-0.39, 0.29) is 5.56 Å². The lowest BCUT2D eigenvalue weighted by atomic mass is 10.0. The minimum Gasteiger partial charge on any atom is -0.461 e. The molecule has 7 nitrogen and oxygen atoms in total. The molecule has 0 spiro atoms. The maximum absolute atomic E-state index is 13.2. The molecule has 0 unspecified atom stereocenters. The van der Waals surface area contributed by atoms with Gasteiger partial charge in [0.1, 0.15) is 5.69 Å². The van der Waals surface area contributed by atoms with Crippen LogP contribution >= 0.6 is 11.3 Å². The fraction of sp³-hybridized carbons (Fsp3) is 0. The van der Waals surface area contributed by atoms with Crippen molar-refractivity contribution in [2.45, 2.75) is 0 Å². The lowest BCUT2D eigenvalue weighted by Crippen LogP contribution is -2.23. The number of para-hydroxylation sites is 1. The van der Waals surface area contributed by atoms with Gasteiger partial charge in [0.05, 0.1) is 16.5 Å². The minimum atomic E-state index is -0.225. The fourth-order valence-corrected chi connectivity index (χ4v) is 5.15. The Morgan fingerprint density at radius 2 is 1.69 bits per heavy atom. The first-order valence-electron chi connectivity index (χ1n) is 11.3. The van der Waals surface area contributed by atoms with Crippen molar-refractivity contribution in [3.8, 4) is 28.5 Å². The molecule has 0 N–H and O–H groups in total. The zero-order chi connectivity index (χ0) is 24.1. The molecule has 0 aliphatic rings. The Kier molecular flexibility index (Phi) is 4.65. The van der Waals surface area contributed by atoms with Crippen LogP contribution in [0.3, 0.4) is 0 Å². The quantitative estimate of drug-likeness (QED) is 0.351.